The van der Waals surface area contributed by atoms with E-state index < -0.39 is 0 Å². The highest BCUT2D eigenvalue weighted by molar-refractivity contribution is 6.31. The van der Waals surface area contributed by atoms with Crippen molar-refractivity contribution in [3.05, 3.63) is 28.8 Å². The highest BCUT2D eigenvalue weighted by Crippen LogP contribution is 2.44. The molecule has 0 aliphatic heterocycles. The Bertz CT molecular complexity index is 359. The molecule has 3 heteroatoms. The van der Waals surface area contributed by atoms with Gasteiger partial charge in [-0.1, -0.05) is 17.7 Å². The molecule has 2 nitrogen and oxygen atoms in total. The van der Waals surface area contributed by atoms with Crippen molar-refractivity contribution in [1.82, 2.24) is 0 Å². The summed E-state index contributed by atoms with van der Waals surface area (Å²) in [6.45, 7) is 3.75. The molecule has 0 radical (unpaired) electrons. The lowest BCUT2D eigenvalue weighted by Gasteiger charge is -2.14. The third kappa shape index (κ3) is 2.44. The number of hydrogen-bond donors (Lipinski definition) is 2. The number of halogens is 1. The predicted octanol–water partition coefficient (Wildman–Crippen LogP) is 2.80. The average molecular weight is 225 g/mol. The first-order chi connectivity index (χ1) is 7.15. The molecule has 1 aliphatic rings. The van der Waals surface area contributed by atoms with Crippen LogP contribution >= 0.6 is 11.6 Å². The fourth-order valence-corrected chi connectivity index (χ4v) is 1.80. The van der Waals surface area contributed by atoms with Crippen molar-refractivity contribution in [1.29, 1.82) is 0 Å². The highest BCUT2D eigenvalue weighted by Gasteiger charge is 2.40. The van der Waals surface area contributed by atoms with Crippen LogP contribution in [-0.2, 0) is 0 Å². The van der Waals surface area contributed by atoms with E-state index >= 15 is 0 Å². The van der Waals surface area contributed by atoms with Gasteiger partial charge in [-0.05, 0) is 49.4 Å². The third-order valence-electron chi connectivity index (χ3n) is 3.23. The molecule has 0 bridgehead atoms. The summed E-state index contributed by atoms with van der Waals surface area (Å²) in [5.41, 5.74) is 8.28. The molecule has 0 atom stereocenters. The van der Waals surface area contributed by atoms with Gasteiger partial charge < -0.3 is 11.1 Å². The van der Waals surface area contributed by atoms with Crippen molar-refractivity contribution < 1.29 is 0 Å². The Hall–Kier alpha value is -0.730. The average Bonchev–Trinajstić information content (AvgIpc) is 3.01. The minimum atomic E-state index is 0.358. The molecule has 3 N–H and O–H groups in total. The second-order valence-electron chi connectivity index (χ2n) is 4.52. The maximum Gasteiger partial charge on any atom is 0.0455 e. The number of anilines is 1. The largest absolute Gasteiger partial charge is 0.384 e. The van der Waals surface area contributed by atoms with Gasteiger partial charge in [0.15, 0.2) is 0 Å². The second kappa shape index (κ2) is 4.03. The Labute approximate surface area is 95.8 Å². The zero-order chi connectivity index (χ0) is 10.9. The standard InChI is InChI=1S/C12H17ClN2/c1-9-2-3-10(6-11(9)13)15-8-12(7-14)4-5-12/h2-3,6,15H,4-5,7-8,14H2,1H3. The van der Waals surface area contributed by atoms with Gasteiger partial charge >= 0.3 is 0 Å². The van der Waals surface area contributed by atoms with E-state index in [0.29, 0.717) is 5.41 Å². The summed E-state index contributed by atoms with van der Waals surface area (Å²) in [4.78, 5) is 0. The molecule has 1 aliphatic carbocycles. The summed E-state index contributed by atoms with van der Waals surface area (Å²) >= 11 is 6.05. The van der Waals surface area contributed by atoms with Crippen LogP contribution in [0.3, 0.4) is 0 Å². The topological polar surface area (TPSA) is 38.0 Å². The van der Waals surface area contributed by atoms with Gasteiger partial charge in [-0.15, -0.1) is 0 Å². The maximum atomic E-state index is 6.05. The van der Waals surface area contributed by atoms with E-state index in [9.17, 15) is 0 Å². The van der Waals surface area contributed by atoms with Crippen molar-refractivity contribution in [3.63, 3.8) is 0 Å². The Morgan fingerprint density at radius 3 is 2.73 bits per heavy atom. The summed E-state index contributed by atoms with van der Waals surface area (Å²) in [5.74, 6) is 0. The summed E-state index contributed by atoms with van der Waals surface area (Å²) in [6, 6.07) is 6.07. The van der Waals surface area contributed by atoms with E-state index in [-0.39, 0.29) is 0 Å². The summed E-state index contributed by atoms with van der Waals surface area (Å²) in [6.07, 6.45) is 2.49. The van der Waals surface area contributed by atoms with Crippen LogP contribution in [0.2, 0.25) is 5.02 Å². The van der Waals surface area contributed by atoms with E-state index in [2.05, 4.69) is 11.4 Å². The van der Waals surface area contributed by atoms with Crippen molar-refractivity contribution >= 4 is 17.3 Å². The predicted molar refractivity (Wildman–Crippen MR) is 65.4 cm³/mol. The van der Waals surface area contributed by atoms with Crippen LogP contribution in [0.4, 0.5) is 5.69 Å². The van der Waals surface area contributed by atoms with Crippen LogP contribution in [0.15, 0.2) is 18.2 Å². The maximum absolute atomic E-state index is 6.05. The van der Waals surface area contributed by atoms with E-state index in [1.807, 2.05) is 19.1 Å². The monoisotopic (exact) mass is 224 g/mol. The smallest absolute Gasteiger partial charge is 0.0455 e. The molecule has 0 aromatic heterocycles. The van der Waals surface area contributed by atoms with E-state index in [0.717, 1.165) is 29.4 Å². The van der Waals surface area contributed by atoms with Gasteiger partial charge in [-0.25, -0.2) is 0 Å². The fourth-order valence-electron chi connectivity index (χ4n) is 1.62. The van der Waals surface area contributed by atoms with Crippen LogP contribution in [0.5, 0.6) is 0 Å². The normalized spacial score (nSPS) is 17.5. The molecule has 0 heterocycles. The van der Waals surface area contributed by atoms with Crippen molar-refractivity contribution in [2.75, 3.05) is 18.4 Å². The molecule has 15 heavy (non-hydrogen) atoms. The van der Waals surface area contributed by atoms with Crippen molar-refractivity contribution in [3.8, 4) is 0 Å². The molecular weight excluding hydrogens is 208 g/mol. The van der Waals surface area contributed by atoms with E-state index in [1.165, 1.54) is 12.8 Å². The molecule has 2 rings (SSSR count). The lowest BCUT2D eigenvalue weighted by atomic mass is 10.1. The lowest BCUT2D eigenvalue weighted by molar-refractivity contribution is 0.556. The number of aryl methyl sites for hydroxylation is 1. The number of benzene rings is 1. The molecule has 1 saturated carbocycles. The lowest BCUT2D eigenvalue weighted by Crippen LogP contribution is -2.24. The first-order valence-electron chi connectivity index (χ1n) is 5.35. The molecule has 82 valence electrons. The minimum absolute atomic E-state index is 0.358. The number of rotatable bonds is 4. The number of nitrogens with one attached hydrogen (secondary N) is 1. The van der Waals surface area contributed by atoms with Gasteiger partial charge in [0.05, 0.1) is 0 Å². The Morgan fingerprint density at radius 2 is 2.20 bits per heavy atom. The van der Waals surface area contributed by atoms with Gasteiger partial charge in [-0.2, -0.15) is 0 Å². The molecule has 1 aromatic carbocycles. The summed E-state index contributed by atoms with van der Waals surface area (Å²) < 4.78 is 0. The van der Waals surface area contributed by atoms with Crippen LogP contribution < -0.4 is 11.1 Å². The van der Waals surface area contributed by atoms with E-state index in [1.54, 1.807) is 0 Å². The fraction of sp³-hybridized carbons (Fsp3) is 0.500. The van der Waals surface area contributed by atoms with Crippen LogP contribution in [-0.4, -0.2) is 13.1 Å². The summed E-state index contributed by atoms with van der Waals surface area (Å²) in [7, 11) is 0. The Kier molecular flexibility index (Phi) is 2.89. The first-order valence-corrected chi connectivity index (χ1v) is 5.73. The minimum Gasteiger partial charge on any atom is -0.384 e. The van der Waals surface area contributed by atoms with Gasteiger partial charge in [0.25, 0.3) is 0 Å². The quantitative estimate of drug-likeness (QED) is 0.826. The highest BCUT2D eigenvalue weighted by atomic mass is 35.5. The van der Waals surface area contributed by atoms with Crippen LogP contribution in [0, 0.1) is 12.3 Å². The van der Waals surface area contributed by atoms with Gasteiger partial charge in [-0.3, -0.25) is 0 Å². The van der Waals surface area contributed by atoms with Crippen LogP contribution in [0.1, 0.15) is 18.4 Å². The van der Waals surface area contributed by atoms with Crippen LogP contribution in [0.25, 0.3) is 0 Å². The van der Waals surface area contributed by atoms with E-state index in [4.69, 9.17) is 17.3 Å². The van der Waals surface area contributed by atoms with Crippen molar-refractivity contribution in [2.45, 2.75) is 19.8 Å². The Morgan fingerprint density at radius 1 is 1.47 bits per heavy atom. The SMILES string of the molecule is Cc1ccc(NCC2(CN)CC2)cc1Cl. The summed E-state index contributed by atoms with van der Waals surface area (Å²) in [5, 5.41) is 4.22. The number of hydrogen-bond acceptors (Lipinski definition) is 2. The van der Waals surface area contributed by atoms with Gasteiger partial charge in [0.1, 0.15) is 0 Å². The molecular formula is C12H17ClN2. The molecule has 0 saturated heterocycles. The van der Waals surface area contributed by atoms with Crippen molar-refractivity contribution in [2.24, 2.45) is 11.1 Å². The second-order valence-corrected chi connectivity index (χ2v) is 4.93. The molecule has 1 aromatic rings. The third-order valence-corrected chi connectivity index (χ3v) is 3.64. The zero-order valence-electron chi connectivity index (χ0n) is 9.02. The molecule has 0 unspecified atom stereocenters. The zero-order valence-corrected chi connectivity index (χ0v) is 9.77. The number of nitrogens with two attached hydrogens (primary N) is 1. The van der Waals surface area contributed by atoms with Gasteiger partial charge in [0, 0.05) is 17.3 Å². The molecule has 0 amide bonds. The molecule has 0 spiro atoms. The molecule has 1 fully saturated rings. The van der Waals surface area contributed by atoms with Gasteiger partial charge in [0.2, 0.25) is 0 Å². The first kappa shape index (κ1) is 10.8. The Balaban J connectivity index is 1.96.